The predicted octanol–water partition coefficient (Wildman–Crippen LogP) is 14.8. The van der Waals surface area contributed by atoms with Crippen molar-refractivity contribution >= 4 is 22.9 Å². The summed E-state index contributed by atoms with van der Waals surface area (Å²) >= 11 is 0. The number of rotatable bonds is 13. The first-order chi connectivity index (χ1) is 28.0. The zero-order valence-corrected chi connectivity index (χ0v) is 42.2. The van der Waals surface area contributed by atoms with Crippen LogP contribution in [-0.4, -0.2) is 53.5 Å². The number of aliphatic hydroxyl groups excluding tert-OH is 1. The summed E-state index contributed by atoms with van der Waals surface area (Å²) in [5, 5.41) is 17.5. The van der Waals surface area contributed by atoms with E-state index in [0.29, 0.717) is 41.3 Å². The molecule has 2 aromatic rings. The van der Waals surface area contributed by atoms with Crippen molar-refractivity contribution in [1.29, 1.82) is 5.41 Å². The summed E-state index contributed by atoms with van der Waals surface area (Å²) < 4.78 is 5.35. The molecular formula is C54H93N3O3. The molecule has 2 aromatic carbocycles. The molecule has 4 rings (SSSR count). The molecule has 0 aromatic heterocycles. The second-order valence-corrected chi connectivity index (χ2v) is 18.8. The highest BCUT2D eigenvalue weighted by molar-refractivity contribution is 6.08. The number of anilines is 1. The smallest absolute Gasteiger partial charge is 0.254 e. The Labute approximate surface area is 371 Å². The quantitative estimate of drug-likeness (QED) is 0.175. The van der Waals surface area contributed by atoms with Gasteiger partial charge in [0, 0.05) is 37.1 Å². The number of nitrogens with two attached hydrogens (primary N) is 1. The molecule has 0 saturated heterocycles. The van der Waals surface area contributed by atoms with E-state index in [0.717, 1.165) is 57.8 Å². The topological polar surface area (TPSA) is 99.6 Å². The Morgan fingerprint density at radius 3 is 1.85 bits per heavy atom. The van der Waals surface area contributed by atoms with Crippen LogP contribution in [0.4, 0.5) is 5.69 Å². The van der Waals surface area contributed by atoms with Crippen LogP contribution in [0.1, 0.15) is 190 Å². The molecular weight excluding hydrogens is 739 g/mol. The molecule has 0 bridgehead atoms. The molecule has 0 heterocycles. The van der Waals surface area contributed by atoms with Crippen molar-refractivity contribution in [3.05, 3.63) is 94.1 Å². The maximum atomic E-state index is 13.6. The predicted molar refractivity (Wildman–Crippen MR) is 266 cm³/mol. The third kappa shape index (κ3) is 22.9. The number of allylic oxidation sites excluding steroid dienone is 5. The Kier molecular flexibility index (Phi) is 29.8. The van der Waals surface area contributed by atoms with E-state index in [4.69, 9.17) is 15.9 Å². The van der Waals surface area contributed by atoms with E-state index >= 15 is 0 Å². The van der Waals surface area contributed by atoms with E-state index in [1.54, 1.807) is 18.0 Å². The Bertz CT molecular complexity index is 1570. The summed E-state index contributed by atoms with van der Waals surface area (Å²) in [5.41, 5.74) is 14.0. The summed E-state index contributed by atoms with van der Waals surface area (Å²) in [5.74, 6) is 2.46. The minimum Gasteiger partial charge on any atom is -0.399 e. The Morgan fingerprint density at radius 1 is 0.833 bits per heavy atom. The van der Waals surface area contributed by atoms with Crippen molar-refractivity contribution in [3.63, 3.8) is 0 Å². The van der Waals surface area contributed by atoms with Crippen LogP contribution >= 0.6 is 0 Å². The lowest BCUT2D eigenvalue weighted by Gasteiger charge is -2.36. The lowest BCUT2D eigenvalue weighted by atomic mass is 9.76. The van der Waals surface area contributed by atoms with Crippen LogP contribution in [-0.2, 0) is 11.2 Å². The van der Waals surface area contributed by atoms with Crippen LogP contribution in [0.15, 0.2) is 71.8 Å². The van der Waals surface area contributed by atoms with Gasteiger partial charge < -0.3 is 25.9 Å². The number of amides is 1. The van der Waals surface area contributed by atoms with Crippen molar-refractivity contribution < 1.29 is 14.6 Å². The van der Waals surface area contributed by atoms with E-state index < -0.39 is 5.54 Å². The fraction of sp³-hybridized carbons (Fsp3) is 0.630. The monoisotopic (exact) mass is 832 g/mol. The van der Waals surface area contributed by atoms with Crippen LogP contribution in [0.25, 0.3) is 5.57 Å². The molecule has 60 heavy (non-hydrogen) atoms. The highest BCUT2D eigenvalue weighted by atomic mass is 16.5. The fourth-order valence-corrected chi connectivity index (χ4v) is 5.89. The van der Waals surface area contributed by atoms with Gasteiger partial charge in [0.25, 0.3) is 5.91 Å². The van der Waals surface area contributed by atoms with E-state index in [2.05, 4.69) is 83.1 Å². The number of ether oxygens (including phenoxy) is 1. The van der Waals surface area contributed by atoms with Gasteiger partial charge in [-0.05, 0) is 134 Å². The van der Waals surface area contributed by atoms with Gasteiger partial charge in [0.1, 0.15) is 0 Å². The van der Waals surface area contributed by atoms with Crippen molar-refractivity contribution in [2.75, 3.05) is 26.0 Å². The van der Waals surface area contributed by atoms with E-state index in [1.165, 1.54) is 32.1 Å². The van der Waals surface area contributed by atoms with E-state index in [9.17, 15) is 9.90 Å². The lowest BCUT2D eigenvalue weighted by molar-refractivity contribution is 0.0574. The highest BCUT2D eigenvalue weighted by Gasteiger charge is 2.32. The van der Waals surface area contributed by atoms with Crippen molar-refractivity contribution in [2.24, 2.45) is 23.2 Å². The van der Waals surface area contributed by atoms with Gasteiger partial charge in [-0.2, -0.15) is 0 Å². The summed E-state index contributed by atoms with van der Waals surface area (Å²) in [4.78, 5) is 15.4. The van der Waals surface area contributed by atoms with Crippen LogP contribution in [0, 0.1) is 28.6 Å². The number of nitrogens with one attached hydrogen (secondary N) is 1. The fourth-order valence-electron chi connectivity index (χ4n) is 5.89. The number of carbonyl (C=O) groups excluding carboxylic acids is 1. The third-order valence-electron chi connectivity index (χ3n) is 10.3. The average Bonchev–Trinajstić information content (AvgIpc) is 3.17. The number of nitrogens with zero attached hydrogens (tertiary/aromatic N) is 1. The standard InChI is InChI=1S/C27H29N3O2.C9H20.C8H18O.C6H14.2C2H6/c1-27(2,12-13-31)30(3)26(32)24-7-5-4-6-23(24)25-21-10-8-19(28)15-17(21)14-18-16-20(29)9-11-22(18)25;1-8(2)6-5-7-9(3)4;1-7(2)5-6-9-8(3)4;1-5-6(2,3)4;2*1-2/h4-11,15-16,28,31H,12-14,29H2,1-3H3;8-9H,5-7H2,1-4H3;7-8H,5-6H2,1-4H3;5H2,1-4H3;2*1-2H3. The van der Waals surface area contributed by atoms with E-state index in [1.807, 2.05) is 96.2 Å². The Hall–Kier alpha value is -3.48. The van der Waals surface area contributed by atoms with Crippen molar-refractivity contribution in [1.82, 2.24) is 4.90 Å². The van der Waals surface area contributed by atoms with E-state index in [-0.39, 0.29) is 12.5 Å². The molecule has 6 heteroatoms. The highest BCUT2D eigenvalue weighted by Crippen LogP contribution is 2.42. The summed E-state index contributed by atoms with van der Waals surface area (Å²) in [6, 6.07) is 13.6. The number of hydrogen-bond acceptors (Lipinski definition) is 5. The molecule has 1 amide bonds. The van der Waals surface area contributed by atoms with Crippen molar-refractivity contribution in [3.8, 4) is 0 Å². The van der Waals surface area contributed by atoms with Crippen LogP contribution in [0.2, 0.25) is 0 Å². The third-order valence-corrected chi connectivity index (χ3v) is 10.3. The van der Waals surface area contributed by atoms with Gasteiger partial charge in [-0.3, -0.25) is 4.79 Å². The first kappa shape index (κ1) is 58.6. The number of fused-ring (bicyclic) bond motifs is 2. The van der Waals surface area contributed by atoms with Crippen LogP contribution < -0.4 is 5.73 Å². The largest absolute Gasteiger partial charge is 0.399 e. The molecule has 0 aliphatic heterocycles. The van der Waals surface area contributed by atoms with Gasteiger partial charge in [-0.25, -0.2) is 0 Å². The molecule has 6 nitrogen and oxygen atoms in total. The molecule has 0 radical (unpaired) electrons. The van der Waals surface area contributed by atoms with Gasteiger partial charge in [0.2, 0.25) is 0 Å². The zero-order valence-electron chi connectivity index (χ0n) is 42.2. The number of nitrogen functional groups attached to an aromatic ring is 1. The summed E-state index contributed by atoms with van der Waals surface area (Å²) in [6.07, 6.45) is 13.9. The maximum Gasteiger partial charge on any atom is 0.254 e. The average molecular weight is 832 g/mol. The molecule has 0 unspecified atom stereocenters. The summed E-state index contributed by atoms with van der Waals surface area (Å²) in [7, 11) is 1.79. The second-order valence-electron chi connectivity index (χ2n) is 18.8. The van der Waals surface area contributed by atoms with Crippen LogP contribution in [0.3, 0.4) is 0 Å². The summed E-state index contributed by atoms with van der Waals surface area (Å²) in [6.45, 7) is 39.5. The Balaban J connectivity index is 0. The maximum absolute atomic E-state index is 13.6. The number of aliphatic hydroxyl groups is 1. The normalized spacial score (nSPS) is 12.9. The minimum atomic E-state index is -0.486. The molecule has 2 aliphatic carbocycles. The molecule has 0 fully saturated rings. The van der Waals surface area contributed by atoms with Crippen LogP contribution in [0.5, 0.6) is 0 Å². The molecule has 342 valence electrons. The van der Waals surface area contributed by atoms with Gasteiger partial charge >= 0.3 is 0 Å². The number of carbonyl (C=O) groups is 1. The molecule has 0 saturated carbocycles. The first-order valence-electron chi connectivity index (χ1n) is 23.2. The zero-order chi connectivity index (χ0) is 46.8. The van der Waals surface area contributed by atoms with Gasteiger partial charge in [0.15, 0.2) is 0 Å². The van der Waals surface area contributed by atoms with Gasteiger partial charge in [-0.15, -0.1) is 0 Å². The number of hydrogen-bond donors (Lipinski definition) is 3. The SMILES string of the molecule is CC.CC.CC(C)CCCC(C)C.CC(C)CCOC(C)C.CCC(C)(C)C.CN(C(=O)c1ccccc1C1=C2C=CC(=N)C=C2Cc2cc(N)ccc21)C(C)(C)CCO. The van der Waals surface area contributed by atoms with Crippen molar-refractivity contribution in [2.45, 2.75) is 181 Å². The Morgan fingerprint density at radius 2 is 1.37 bits per heavy atom. The second kappa shape index (κ2) is 30.5. The molecule has 2 aliphatic rings. The molecule has 0 atom stereocenters. The minimum absolute atomic E-state index is 0.0152. The molecule has 0 spiro atoms. The van der Waals surface area contributed by atoms with Gasteiger partial charge in [0.05, 0.1) is 11.8 Å². The number of benzene rings is 2. The van der Waals surface area contributed by atoms with Gasteiger partial charge in [-0.1, -0.05) is 153 Å². The molecule has 4 N–H and O–H groups in total. The lowest BCUT2D eigenvalue weighted by Crippen LogP contribution is -2.45. The first-order valence-corrected chi connectivity index (χ1v) is 23.2.